The quantitative estimate of drug-likeness (QED) is 0.855. The summed E-state index contributed by atoms with van der Waals surface area (Å²) in [5, 5.41) is 1.94. The van der Waals surface area contributed by atoms with Crippen molar-refractivity contribution in [1.29, 1.82) is 0 Å². The number of fused-ring (bicyclic) bond motifs is 1. The fourth-order valence-corrected chi connectivity index (χ4v) is 1.74. The van der Waals surface area contributed by atoms with E-state index in [9.17, 15) is 13.2 Å². The Morgan fingerprint density at radius 2 is 1.65 bits per heavy atom. The van der Waals surface area contributed by atoms with Crippen LogP contribution < -0.4 is 5.73 Å². The van der Waals surface area contributed by atoms with E-state index in [1.807, 2.05) is 30.3 Å². The van der Waals surface area contributed by atoms with Crippen molar-refractivity contribution >= 4 is 10.8 Å². The van der Waals surface area contributed by atoms with Crippen molar-refractivity contribution in [1.82, 2.24) is 0 Å². The average molecular weight is 239 g/mol. The Balaban J connectivity index is 2.25. The maximum absolute atomic E-state index is 12.3. The molecule has 1 unspecified atom stereocenters. The molecular formula is C13H12F3N. The maximum Gasteiger partial charge on any atom is 0.403 e. The Bertz CT molecular complexity index is 519. The number of halogens is 3. The van der Waals surface area contributed by atoms with Gasteiger partial charge < -0.3 is 5.73 Å². The highest BCUT2D eigenvalue weighted by atomic mass is 19.4. The van der Waals surface area contributed by atoms with Crippen LogP contribution in [0.4, 0.5) is 13.2 Å². The fourth-order valence-electron chi connectivity index (χ4n) is 1.74. The van der Waals surface area contributed by atoms with Crippen molar-refractivity contribution in [2.75, 3.05) is 0 Å². The van der Waals surface area contributed by atoms with Crippen LogP contribution in [0, 0.1) is 0 Å². The van der Waals surface area contributed by atoms with Gasteiger partial charge in [-0.2, -0.15) is 13.2 Å². The lowest BCUT2D eigenvalue weighted by atomic mass is 10.0. The minimum atomic E-state index is -4.34. The molecule has 2 rings (SSSR count). The lowest BCUT2D eigenvalue weighted by molar-refractivity contribution is -0.147. The second kappa shape index (κ2) is 4.37. The summed E-state index contributed by atoms with van der Waals surface area (Å²) in [6.07, 6.45) is -4.53. The first-order chi connectivity index (χ1) is 7.97. The molecule has 0 aromatic heterocycles. The van der Waals surface area contributed by atoms with Gasteiger partial charge in [-0.3, -0.25) is 0 Å². The third kappa shape index (κ3) is 2.77. The molecule has 0 fully saturated rings. The average Bonchev–Trinajstić information content (AvgIpc) is 2.27. The summed E-state index contributed by atoms with van der Waals surface area (Å²) < 4.78 is 37.0. The van der Waals surface area contributed by atoms with Crippen LogP contribution in [-0.2, 0) is 6.42 Å². The zero-order valence-corrected chi connectivity index (χ0v) is 9.04. The smallest absolute Gasteiger partial charge is 0.320 e. The number of alkyl halides is 3. The van der Waals surface area contributed by atoms with E-state index in [1.165, 1.54) is 0 Å². The highest BCUT2D eigenvalue weighted by molar-refractivity contribution is 5.82. The normalized spacial score (nSPS) is 13.9. The first-order valence-electron chi connectivity index (χ1n) is 5.27. The molecule has 90 valence electrons. The molecule has 0 radical (unpaired) electrons. The molecule has 1 atom stereocenters. The van der Waals surface area contributed by atoms with Crippen molar-refractivity contribution in [2.45, 2.75) is 18.6 Å². The molecule has 0 spiro atoms. The van der Waals surface area contributed by atoms with E-state index < -0.39 is 12.2 Å². The first-order valence-corrected chi connectivity index (χ1v) is 5.27. The molecule has 4 heteroatoms. The molecule has 0 aliphatic heterocycles. The first kappa shape index (κ1) is 11.9. The summed E-state index contributed by atoms with van der Waals surface area (Å²) in [5.74, 6) is 0. The monoisotopic (exact) mass is 239 g/mol. The highest BCUT2D eigenvalue weighted by Crippen LogP contribution is 2.23. The van der Waals surface area contributed by atoms with Gasteiger partial charge in [0, 0.05) is 0 Å². The zero-order chi connectivity index (χ0) is 12.5. The maximum atomic E-state index is 12.3. The largest absolute Gasteiger partial charge is 0.403 e. The summed E-state index contributed by atoms with van der Waals surface area (Å²) >= 11 is 0. The summed E-state index contributed by atoms with van der Waals surface area (Å²) in [5.41, 5.74) is 5.71. The summed E-state index contributed by atoms with van der Waals surface area (Å²) in [7, 11) is 0. The van der Waals surface area contributed by atoms with Gasteiger partial charge in [0.05, 0.1) is 0 Å². The molecule has 1 nitrogen and oxygen atoms in total. The van der Waals surface area contributed by atoms with Gasteiger partial charge in [-0.15, -0.1) is 0 Å². The van der Waals surface area contributed by atoms with Gasteiger partial charge in [-0.05, 0) is 22.8 Å². The molecule has 17 heavy (non-hydrogen) atoms. The van der Waals surface area contributed by atoms with Crippen LogP contribution in [0.25, 0.3) is 10.8 Å². The van der Waals surface area contributed by atoms with Gasteiger partial charge in [0.15, 0.2) is 0 Å². The molecule has 0 saturated heterocycles. The van der Waals surface area contributed by atoms with Crippen molar-refractivity contribution in [2.24, 2.45) is 5.73 Å². The van der Waals surface area contributed by atoms with Crippen LogP contribution in [0.3, 0.4) is 0 Å². The number of hydrogen-bond acceptors (Lipinski definition) is 1. The van der Waals surface area contributed by atoms with Crippen molar-refractivity contribution in [3.8, 4) is 0 Å². The second-order valence-corrected chi connectivity index (χ2v) is 4.03. The fraction of sp³-hybridized carbons (Fsp3) is 0.231. The summed E-state index contributed by atoms with van der Waals surface area (Å²) in [4.78, 5) is 0. The molecule has 2 N–H and O–H groups in total. The van der Waals surface area contributed by atoms with Gasteiger partial charge in [0.2, 0.25) is 0 Å². The van der Waals surface area contributed by atoms with Gasteiger partial charge >= 0.3 is 6.18 Å². The standard InChI is InChI=1S/C13H12F3N/c14-13(15,16)12(17)8-9-5-6-10-3-1-2-4-11(10)7-9/h1-7,12H,8,17H2. The minimum Gasteiger partial charge on any atom is -0.320 e. The minimum absolute atomic E-state index is 0.186. The van der Waals surface area contributed by atoms with Crippen LogP contribution >= 0.6 is 0 Å². The van der Waals surface area contributed by atoms with Gasteiger partial charge in [-0.1, -0.05) is 42.5 Å². The molecule has 0 saturated carbocycles. The lowest BCUT2D eigenvalue weighted by Gasteiger charge is -2.15. The topological polar surface area (TPSA) is 26.0 Å². The van der Waals surface area contributed by atoms with Crippen molar-refractivity contribution in [3.05, 3.63) is 48.0 Å². The Hall–Kier alpha value is -1.55. The predicted molar refractivity (Wildman–Crippen MR) is 61.7 cm³/mol. The third-order valence-electron chi connectivity index (χ3n) is 2.69. The van der Waals surface area contributed by atoms with E-state index in [0.717, 1.165) is 10.8 Å². The van der Waals surface area contributed by atoms with Crippen molar-refractivity contribution < 1.29 is 13.2 Å². The van der Waals surface area contributed by atoms with E-state index in [-0.39, 0.29) is 6.42 Å². The predicted octanol–water partition coefficient (Wildman–Crippen LogP) is 3.27. The third-order valence-corrected chi connectivity index (χ3v) is 2.69. The lowest BCUT2D eigenvalue weighted by Crippen LogP contribution is -2.39. The molecule has 0 amide bonds. The Morgan fingerprint density at radius 1 is 1.00 bits per heavy atom. The van der Waals surface area contributed by atoms with Crippen LogP contribution in [-0.4, -0.2) is 12.2 Å². The molecular weight excluding hydrogens is 227 g/mol. The van der Waals surface area contributed by atoms with Crippen LogP contribution in [0.5, 0.6) is 0 Å². The Morgan fingerprint density at radius 3 is 2.29 bits per heavy atom. The molecule has 2 aromatic rings. The van der Waals surface area contributed by atoms with E-state index in [1.54, 1.807) is 12.1 Å². The SMILES string of the molecule is NC(Cc1ccc2ccccc2c1)C(F)(F)F. The van der Waals surface area contributed by atoms with Gasteiger partial charge in [0.25, 0.3) is 0 Å². The Labute approximate surface area is 97.0 Å². The summed E-state index contributed by atoms with van der Waals surface area (Å²) in [6.45, 7) is 0. The molecule has 0 aliphatic rings. The van der Waals surface area contributed by atoms with Gasteiger partial charge in [0.1, 0.15) is 6.04 Å². The number of rotatable bonds is 2. The van der Waals surface area contributed by atoms with Gasteiger partial charge in [-0.25, -0.2) is 0 Å². The van der Waals surface area contributed by atoms with Crippen LogP contribution in [0.15, 0.2) is 42.5 Å². The Kier molecular flexibility index (Phi) is 3.07. The van der Waals surface area contributed by atoms with Crippen LogP contribution in [0.2, 0.25) is 0 Å². The highest BCUT2D eigenvalue weighted by Gasteiger charge is 2.36. The number of hydrogen-bond donors (Lipinski definition) is 1. The van der Waals surface area contributed by atoms with E-state index >= 15 is 0 Å². The molecule has 0 heterocycles. The molecule has 0 aliphatic carbocycles. The van der Waals surface area contributed by atoms with E-state index in [4.69, 9.17) is 5.73 Å². The van der Waals surface area contributed by atoms with Crippen LogP contribution in [0.1, 0.15) is 5.56 Å². The molecule has 0 bridgehead atoms. The van der Waals surface area contributed by atoms with E-state index in [2.05, 4.69) is 0 Å². The number of nitrogens with two attached hydrogens (primary N) is 1. The second-order valence-electron chi connectivity index (χ2n) is 4.03. The van der Waals surface area contributed by atoms with Crippen molar-refractivity contribution in [3.63, 3.8) is 0 Å². The van der Waals surface area contributed by atoms with E-state index in [0.29, 0.717) is 5.56 Å². The zero-order valence-electron chi connectivity index (χ0n) is 9.04. The summed E-state index contributed by atoms with van der Waals surface area (Å²) in [6, 6.07) is 11.0. The molecule has 2 aromatic carbocycles. The number of benzene rings is 2.